The summed E-state index contributed by atoms with van der Waals surface area (Å²) >= 11 is 0. The van der Waals surface area contributed by atoms with Crippen LogP contribution < -0.4 is 4.90 Å². The van der Waals surface area contributed by atoms with Crippen LogP contribution in [0.25, 0.3) is 10.9 Å². The molecule has 1 aromatic carbocycles. The molecular formula is C14H17ClN2. The van der Waals surface area contributed by atoms with E-state index in [1.807, 2.05) is 12.3 Å². The molecule has 0 N–H and O–H groups in total. The van der Waals surface area contributed by atoms with Gasteiger partial charge in [0.2, 0.25) is 0 Å². The van der Waals surface area contributed by atoms with Crippen LogP contribution in [0.5, 0.6) is 0 Å². The molecule has 1 aliphatic heterocycles. The van der Waals surface area contributed by atoms with Gasteiger partial charge in [-0.2, -0.15) is 0 Å². The molecule has 0 amide bonds. The lowest BCUT2D eigenvalue weighted by Gasteiger charge is -2.29. The molecule has 0 radical (unpaired) electrons. The first-order valence-corrected chi connectivity index (χ1v) is 6.04. The zero-order valence-electron chi connectivity index (χ0n) is 9.80. The average Bonchev–Trinajstić information content (AvgIpc) is 2.39. The number of hydrogen-bond acceptors (Lipinski definition) is 2. The van der Waals surface area contributed by atoms with Gasteiger partial charge >= 0.3 is 0 Å². The molecule has 17 heavy (non-hydrogen) atoms. The van der Waals surface area contributed by atoms with Gasteiger partial charge in [-0.1, -0.05) is 18.2 Å². The Balaban J connectivity index is 0.00000108. The van der Waals surface area contributed by atoms with Crippen LogP contribution in [0.2, 0.25) is 0 Å². The molecule has 3 rings (SSSR count). The summed E-state index contributed by atoms with van der Waals surface area (Å²) in [5.41, 5.74) is 2.45. The van der Waals surface area contributed by atoms with E-state index in [-0.39, 0.29) is 12.4 Å². The Morgan fingerprint density at radius 2 is 1.71 bits per heavy atom. The number of rotatable bonds is 1. The smallest absolute Gasteiger partial charge is 0.0935 e. The molecule has 90 valence electrons. The highest BCUT2D eigenvalue weighted by atomic mass is 35.5. The van der Waals surface area contributed by atoms with Gasteiger partial charge < -0.3 is 4.90 Å². The molecule has 2 aromatic rings. The lowest BCUT2D eigenvalue weighted by molar-refractivity contribution is 0.579. The standard InChI is InChI=1S/C14H16N2.ClH/c1-2-10-16(11-3-1)13-8-4-6-12-7-5-9-15-14(12)13;/h4-9H,1-3,10-11H2;1H. The predicted molar refractivity (Wildman–Crippen MR) is 75.1 cm³/mol. The maximum absolute atomic E-state index is 4.51. The number of nitrogens with zero attached hydrogens (tertiary/aromatic N) is 2. The number of benzene rings is 1. The highest BCUT2D eigenvalue weighted by molar-refractivity contribution is 5.90. The lowest BCUT2D eigenvalue weighted by Crippen LogP contribution is -2.29. The third-order valence-electron chi connectivity index (χ3n) is 3.31. The van der Waals surface area contributed by atoms with Crippen molar-refractivity contribution in [1.29, 1.82) is 0 Å². The van der Waals surface area contributed by atoms with Gasteiger partial charge in [0.25, 0.3) is 0 Å². The molecule has 0 unspecified atom stereocenters. The second-order valence-corrected chi connectivity index (χ2v) is 4.40. The summed E-state index contributed by atoms with van der Waals surface area (Å²) in [5, 5.41) is 1.24. The van der Waals surface area contributed by atoms with Crippen LogP contribution in [0.15, 0.2) is 36.5 Å². The number of piperidine rings is 1. The van der Waals surface area contributed by atoms with Gasteiger partial charge in [0.15, 0.2) is 0 Å². The number of halogens is 1. The highest BCUT2D eigenvalue weighted by Gasteiger charge is 2.13. The summed E-state index contributed by atoms with van der Waals surface area (Å²) in [6.07, 6.45) is 5.87. The van der Waals surface area contributed by atoms with Crippen molar-refractivity contribution in [3.05, 3.63) is 36.5 Å². The van der Waals surface area contributed by atoms with Gasteiger partial charge in [-0.3, -0.25) is 4.98 Å². The molecule has 0 saturated carbocycles. The van der Waals surface area contributed by atoms with Crippen molar-refractivity contribution in [2.24, 2.45) is 0 Å². The second-order valence-electron chi connectivity index (χ2n) is 4.40. The molecule has 3 heteroatoms. The number of pyridine rings is 1. The number of fused-ring (bicyclic) bond motifs is 1. The highest BCUT2D eigenvalue weighted by Crippen LogP contribution is 2.26. The van der Waals surface area contributed by atoms with Crippen LogP contribution >= 0.6 is 12.4 Å². The topological polar surface area (TPSA) is 16.1 Å². The van der Waals surface area contributed by atoms with Crippen LogP contribution in [0.4, 0.5) is 5.69 Å². The number of para-hydroxylation sites is 1. The van der Waals surface area contributed by atoms with Crippen molar-refractivity contribution < 1.29 is 0 Å². The van der Waals surface area contributed by atoms with Crippen LogP contribution in [0.3, 0.4) is 0 Å². The van der Waals surface area contributed by atoms with Crippen molar-refractivity contribution in [2.75, 3.05) is 18.0 Å². The number of anilines is 1. The average molecular weight is 249 g/mol. The minimum atomic E-state index is 0. The summed E-state index contributed by atoms with van der Waals surface area (Å²) in [6, 6.07) is 10.6. The van der Waals surface area contributed by atoms with Crippen molar-refractivity contribution in [3.63, 3.8) is 0 Å². The molecule has 0 spiro atoms. The Morgan fingerprint density at radius 1 is 0.941 bits per heavy atom. The van der Waals surface area contributed by atoms with Gasteiger partial charge in [0.1, 0.15) is 0 Å². The molecule has 0 atom stereocenters. The summed E-state index contributed by atoms with van der Waals surface area (Å²) in [5.74, 6) is 0. The van der Waals surface area contributed by atoms with Crippen LogP contribution in [0.1, 0.15) is 19.3 Å². The van der Waals surface area contributed by atoms with Crippen molar-refractivity contribution in [1.82, 2.24) is 4.98 Å². The fourth-order valence-corrected chi connectivity index (χ4v) is 2.48. The molecule has 0 aliphatic carbocycles. The zero-order valence-corrected chi connectivity index (χ0v) is 10.6. The lowest BCUT2D eigenvalue weighted by atomic mass is 10.1. The summed E-state index contributed by atoms with van der Waals surface area (Å²) in [7, 11) is 0. The quantitative estimate of drug-likeness (QED) is 0.766. The first kappa shape index (κ1) is 12.2. The number of aromatic nitrogens is 1. The molecule has 0 bridgehead atoms. The van der Waals surface area contributed by atoms with Gasteiger partial charge in [0.05, 0.1) is 11.2 Å². The Bertz CT molecular complexity index is 487. The van der Waals surface area contributed by atoms with E-state index < -0.39 is 0 Å². The van der Waals surface area contributed by atoms with Crippen molar-refractivity contribution in [2.45, 2.75) is 19.3 Å². The normalized spacial score (nSPS) is 15.6. The third kappa shape index (κ3) is 2.37. The monoisotopic (exact) mass is 248 g/mol. The summed E-state index contributed by atoms with van der Waals surface area (Å²) < 4.78 is 0. The molecule has 1 aromatic heterocycles. The van der Waals surface area contributed by atoms with Gasteiger partial charge in [-0.25, -0.2) is 0 Å². The second kappa shape index (κ2) is 5.37. The van der Waals surface area contributed by atoms with E-state index in [4.69, 9.17) is 0 Å². The first-order chi connectivity index (χ1) is 7.95. The predicted octanol–water partition coefficient (Wildman–Crippen LogP) is 3.65. The first-order valence-electron chi connectivity index (χ1n) is 6.04. The van der Waals surface area contributed by atoms with E-state index in [0.29, 0.717) is 0 Å². The van der Waals surface area contributed by atoms with Gasteiger partial charge in [-0.15, -0.1) is 12.4 Å². The Morgan fingerprint density at radius 3 is 2.53 bits per heavy atom. The number of hydrogen-bond donors (Lipinski definition) is 0. The molecule has 1 saturated heterocycles. The fraction of sp³-hybridized carbons (Fsp3) is 0.357. The Hall–Kier alpha value is -1.28. The Labute approximate surface area is 108 Å². The van der Waals surface area contributed by atoms with Crippen molar-refractivity contribution >= 4 is 29.0 Å². The SMILES string of the molecule is Cl.c1cnc2c(N3CCCCC3)cccc2c1. The van der Waals surface area contributed by atoms with Gasteiger partial charge in [-0.05, 0) is 31.4 Å². The van der Waals surface area contributed by atoms with E-state index in [1.165, 1.54) is 43.4 Å². The van der Waals surface area contributed by atoms with E-state index >= 15 is 0 Å². The minimum Gasteiger partial charge on any atom is -0.370 e. The summed E-state index contributed by atoms with van der Waals surface area (Å²) in [4.78, 5) is 6.99. The maximum atomic E-state index is 4.51. The van der Waals surface area contributed by atoms with Crippen LogP contribution in [-0.2, 0) is 0 Å². The molecule has 2 heterocycles. The fourth-order valence-electron chi connectivity index (χ4n) is 2.48. The molecule has 1 aliphatic rings. The van der Waals surface area contributed by atoms with E-state index in [1.54, 1.807) is 0 Å². The largest absolute Gasteiger partial charge is 0.370 e. The van der Waals surface area contributed by atoms with Gasteiger partial charge in [0, 0.05) is 24.7 Å². The summed E-state index contributed by atoms with van der Waals surface area (Å²) in [6.45, 7) is 2.35. The van der Waals surface area contributed by atoms with Crippen LogP contribution in [0, 0.1) is 0 Å². The van der Waals surface area contributed by atoms with E-state index in [0.717, 1.165) is 5.52 Å². The molecular weight excluding hydrogens is 232 g/mol. The van der Waals surface area contributed by atoms with E-state index in [9.17, 15) is 0 Å². The van der Waals surface area contributed by atoms with E-state index in [2.05, 4.69) is 34.1 Å². The maximum Gasteiger partial charge on any atom is 0.0935 e. The molecule has 1 fully saturated rings. The van der Waals surface area contributed by atoms with Crippen molar-refractivity contribution in [3.8, 4) is 0 Å². The minimum absolute atomic E-state index is 0. The van der Waals surface area contributed by atoms with Crippen LogP contribution in [-0.4, -0.2) is 18.1 Å². The third-order valence-corrected chi connectivity index (χ3v) is 3.31. The molecule has 2 nitrogen and oxygen atoms in total. The Kier molecular flexibility index (Phi) is 3.85. The zero-order chi connectivity index (χ0) is 10.8.